The number of aromatic nitrogens is 2. The third kappa shape index (κ3) is 3.77. The summed E-state index contributed by atoms with van der Waals surface area (Å²) in [4.78, 5) is 14.9. The fourth-order valence-corrected chi connectivity index (χ4v) is 16.6. The van der Waals surface area contributed by atoms with E-state index in [0.29, 0.717) is 39.6 Å². The third-order valence-electron chi connectivity index (χ3n) is 11.4. The molecule has 18 rings (SSSR count). The van der Waals surface area contributed by atoms with Gasteiger partial charge in [-0.25, -0.2) is 77.4 Å². The van der Waals surface area contributed by atoms with Gasteiger partial charge in [0.1, 0.15) is 0 Å². The van der Waals surface area contributed by atoms with Crippen LogP contribution in [0.2, 0.25) is 10.0 Å². The number of halogens is 2. The standard InChI is InChI=1S/C29H20Cl2N6O16P4/c30-16-1-3-18-20(13-16)32-7-5-22(18)34-9-11-35(12-10-34)26-25(44-55(39,46-26)47-26)27(48-56(40,45-25)49-27)36-15-24-37(23-6-8-33-21-14-17(31)2-4-19(21)23)29(52-54(38,42-24)43-24)28(36)50-57(41,51-28)53-29/h1-8,13-14H,9-12,15H2. The monoisotopic (exact) mass is 902 g/mol. The number of hydrogen-bond donors (Lipinski definition) is 0. The summed E-state index contributed by atoms with van der Waals surface area (Å²) < 4.78 is 127. The predicted octanol–water partition coefficient (Wildman–Crippen LogP) is 5.74. The molecule has 57 heavy (non-hydrogen) atoms. The zero-order chi connectivity index (χ0) is 38.4. The van der Waals surface area contributed by atoms with Gasteiger partial charge in [-0.3, -0.25) is 14.9 Å². The van der Waals surface area contributed by atoms with Crippen molar-refractivity contribution in [2.45, 2.75) is 35.3 Å². The molecule has 2 aromatic carbocycles. The number of anilines is 2. The summed E-state index contributed by atoms with van der Waals surface area (Å²) in [7, 11) is -17.9. The lowest BCUT2D eigenvalue weighted by molar-refractivity contribution is -0.515. The summed E-state index contributed by atoms with van der Waals surface area (Å²) in [6.07, 6.45) is 3.14. The number of phosphoric acid groups is 4. The number of hydrogen-bond acceptors (Lipinski definition) is 22. The summed E-state index contributed by atoms with van der Waals surface area (Å²) in [5.41, 5.74) is 2.26. The first-order valence-electron chi connectivity index (χ1n) is 17.2. The zero-order valence-corrected chi connectivity index (χ0v) is 33.2. The van der Waals surface area contributed by atoms with E-state index in [4.69, 9.17) is 77.5 Å². The van der Waals surface area contributed by atoms with Crippen LogP contribution in [-0.4, -0.2) is 87.8 Å². The molecule has 28 heteroatoms. The summed E-state index contributed by atoms with van der Waals surface area (Å²) in [5, 5.41) is 2.26. The first kappa shape index (κ1) is 34.5. The van der Waals surface area contributed by atoms with Gasteiger partial charge >= 0.3 is 60.7 Å². The van der Waals surface area contributed by atoms with E-state index in [1.165, 1.54) is 11.1 Å². The molecule has 0 amide bonds. The van der Waals surface area contributed by atoms with Crippen LogP contribution < -0.4 is 9.80 Å². The Morgan fingerprint density at radius 3 is 1.65 bits per heavy atom. The van der Waals surface area contributed by atoms with Crippen molar-refractivity contribution in [2.24, 2.45) is 0 Å². The number of rotatable bonds is 4. The molecule has 2 atom stereocenters. The van der Waals surface area contributed by atoms with E-state index in [9.17, 15) is 18.3 Å². The lowest BCUT2D eigenvalue weighted by Gasteiger charge is -2.69. The molecule has 0 radical (unpaired) electrons. The minimum absolute atomic E-state index is 0.183. The van der Waals surface area contributed by atoms with Crippen molar-refractivity contribution in [3.8, 4) is 0 Å². The van der Waals surface area contributed by atoms with E-state index < -0.39 is 73.2 Å². The molecule has 9 bridgehead atoms. The van der Waals surface area contributed by atoms with Gasteiger partial charge in [0, 0.05) is 65.1 Å². The maximum absolute atomic E-state index is 13.9. The Kier molecular flexibility index (Phi) is 6.02. The highest BCUT2D eigenvalue weighted by Gasteiger charge is 3.06. The predicted molar refractivity (Wildman–Crippen MR) is 186 cm³/mol. The molecule has 14 fully saturated rings. The Morgan fingerprint density at radius 2 is 1.04 bits per heavy atom. The number of fused-ring (bicyclic) bond motifs is 2. The topological polar surface area (TPSA) is 218 Å². The summed E-state index contributed by atoms with van der Waals surface area (Å²) in [6.45, 7) is 0.475. The van der Waals surface area contributed by atoms with E-state index in [-0.39, 0.29) is 18.8 Å². The molecule has 16 heterocycles. The molecule has 22 nitrogen and oxygen atoms in total. The molecule has 0 saturated carbocycles. The maximum Gasteiger partial charge on any atom is 0.487 e. The lowest BCUT2D eigenvalue weighted by atomic mass is 9.99. The maximum atomic E-state index is 13.9. The van der Waals surface area contributed by atoms with Gasteiger partial charge in [0.15, 0.2) is 0 Å². The van der Waals surface area contributed by atoms with Crippen molar-refractivity contribution < 1.29 is 72.5 Å². The molecule has 14 aliphatic heterocycles. The third-order valence-corrected chi connectivity index (χ3v) is 17.7. The number of benzene rings is 2. The van der Waals surface area contributed by atoms with Gasteiger partial charge in [-0.15, -0.1) is 0 Å². The second-order valence-electron chi connectivity index (χ2n) is 14.4. The normalized spacial score (nSPS) is 48.5. The molecule has 4 spiro atoms. The molecular formula is C29H20Cl2N6O16P4. The quantitative estimate of drug-likeness (QED) is 0.223. The molecule has 2 unspecified atom stereocenters. The number of pyridine rings is 2. The van der Waals surface area contributed by atoms with Gasteiger partial charge < -0.3 is 4.90 Å². The van der Waals surface area contributed by atoms with Gasteiger partial charge in [-0.05, 0) is 48.5 Å². The highest BCUT2D eigenvalue weighted by atomic mass is 35.5. The van der Waals surface area contributed by atoms with E-state index in [1.54, 1.807) is 47.5 Å². The molecule has 4 aromatic rings. The molecular weight excluding hydrogens is 883 g/mol. The van der Waals surface area contributed by atoms with Crippen LogP contribution in [0.15, 0.2) is 60.9 Å². The second-order valence-corrected chi connectivity index (χ2v) is 21.1. The van der Waals surface area contributed by atoms with Crippen LogP contribution >= 0.6 is 54.5 Å². The molecule has 0 N–H and O–H groups in total. The van der Waals surface area contributed by atoms with Crippen LogP contribution in [0.25, 0.3) is 21.8 Å². The van der Waals surface area contributed by atoms with Crippen LogP contribution in [-0.2, 0) is 72.5 Å². The summed E-state index contributed by atoms with van der Waals surface area (Å²) >= 11 is 12.5. The first-order valence-corrected chi connectivity index (χ1v) is 23.8. The Labute approximate surface area is 327 Å². The van der Waals surface area contributed by atoms with E-state index >= 15 is 0 Å². The minimum atomic E-state index is -4.54. The van der Waals surface area contributed by atoms with Crippen molar-refractivity contribution in [1.29, 1.82) is 0 Å². The van der Waals surface area contributed by atoms with Gasteiger partial charge in [0.25, 0.3) is 5.91 Å². The van der Waals surface area contributed by atoms with Crippen LogP contribution in [0.3, 0.4) is 0 Å². The SMILES string of the molecule is O=P12OC3(CN(C45OP(=O)(O4)OC54OP5(=O)OC4(N4CCN(c6ccnc7cc(Cl)ccc67)CC4)O5)C45OP(=O)(OC4(O1)N3c1ccnc3cc(Cl)ccc13)O5)O2. The number of phosphoric ester groups is 4. The van der Waals surface area contributed by atoms with Crippen molar-refractivity contribution in [3.05, 3.63) is 71.0 Å². The van der Waals surface area contributed by atoms with Gasteiger partial charge in [0.05, 0.1) is 23.3 Å². The summed E-state index contributed by atoms with van der Waals surface area (Å²) in [6, 6.07) is 13.7. The molecule has 14 saturated heterocycles. The minimum Gasteiger partial charge on any atom is -0.368 e. The Morgan fingerprint density at radius 1 is 0.544 bits per heavy atom. The van der Waals surface area contributed by atoms with Crippen LogP contribution in [0.1, 0.15) is 0 Å². The zero-order valence-electron chi connectivity index (χ0n) is 28.1. The number of nitrogens with zero attached hydrogens (tertiary/aromatic N) is 6. The Balaban J connectivity index is 0.880. The molecule has 14 aliphatic rings. The first-order chi connectivity index (χ1) is 27.1. The highest BCUT2D eigenvalue weighted by molar-refractivity contribution is 7.52. The highest BCUT2D eigenvalue weighted by Crippen LogP contribution is 2.95. The summed E-state index contributed by atoms with van der Waals surface area (Å²) in [5.74, 6) is -14.7. The van der Waals surface area contributed by atoms with E-state index in [0.717, 1.165) is 16.0 Å². The fraction of sp³-hybridized carbons (Fsp3) is 0.379. The van der Waals surface area contributed by atoms with Crippen LogP contribution in [0.5, 0.6) is 0 Å². The lowest BCUT2D eigenvalue weighted by Crippen LogP contribution is -2.92. The van der Waals surface area contributed by atoms with Gasteiger partial charge in [0.2, 0.25) is 0 Å². The van der Waals surface area contributed by atoms with E-state index in [2.05, 4.69) is 14.9 Å². The Bertz CT molecular complexity index is 2790. The van der Waals surface area contributed by atoms with Crippen molar-refractivity contribution in [3.63, 3.8) is 0 Å². The van der Waals surface area contributed by atoms with Crippen LogP contribution in [0, 0.1) is 0 Å². The molecule has 0 aliphatic carbocycles. The van der Waals surface area contributed by atoms with E-state index in [1.807, 2.05) is 12.1 Å². The number of piperazine rings is 2. The van der Waals surface area contributed by atoms with Crippen molar-refractivity contribution in [1.82, 2.24) is 19.8 Å². The van der Waals surface area contributed by atoms with Gasteiger partial charge in [-0.1, -0.05) is 23.2 Å². The Hall–Kier alpha value is -2.20. The van der Waals surface area contributed by atoms with Crippen molar-refractivity contribution >= 4 is 87.7 Å². The average molecular weight is 903 g/mol. The smallest absolute Gasteiger partial charge is 0.368 e. The van der Waals surface area contributed by atoms with Gasteiger partial charge in [-0.2, -0.15) is 4.90 Å². The van der Waals surface area contributed by atoms with Crippen molar-refractivity contribution in [2.75, 3.05) is 42.5 Å². The molecule has 296 valence electrons. The van der Waals surface area contributed by atoms with Crippen LogP contribution in [0.4, 0.5) is 11.4 Å². The second kappa shape index (κ2) is 9.95. The largest absolute Gasteiger partial charge is 0.487 e. The fourth-order valence-electron chi connectivity index (χ4n) is 9.38. The average Bonchev–Trinajstić information content (AvgIpc) is 3.84. The molecule has 2 aromatic heterocycles.